The van der Waals surface area contributed by atoms with E-state index >= 15 is 0 Å². The lowest BCUT2D eigenvalue weighted by molar-refractivity contribution is -0.137. The van der Waals surface area contributed by atoms with Gasteiger partial charge in [0.15, 0.2) is 0 Å². The van der Waals surface area contributed by atoms with Gasteiger partial charge in [-0.05, 0) is 36.8 Å². The third kappa shape index (κ3) is 3.38. The lowest BCUT2D eigenvalue weighted by atomic mass is 9.72. The Hall–Kier alpha value is -1.84. The summed E-state index contributed by atoms with van der Waals surface area (Å²) in [5.74, 6) is -0.783. The fraction of sp³-hybridized carbons (Fsp3) is 0.500. The molecule has 108 valence electrons. The average molecular weight is 275 g/mol. The number of nitrogens with one attached hydrogen (secondary N) is 1. The van der Waals surface area contributed by atoms with Crippen LogP contribution in [0, 0.1) is 5.41 Å². The predicted molar refractivity (Wildman–Crippen MR) is 76.5 cm³/mol. The van der Waals surface area contributed by atoms with E-state index in [2.05, 4.69) is 17.4 Å². The molecule has 1 aliphatic carbocycles. The van der Waals surface area contributed by atoms with E-state index in [1.54, 1.807) is 0 Å². The number of aliphatic carboxylic acids is 1. The molecule has 1 aromatic rings. The Labute approximate surface area is 119 Å². The quantitative estimate of drug-likeness (QED) is 0.809. The van der Waals surface area contributed by atoms with Crippen molar-refractivity contribution in [3.63, 3.8) is 0 Å². The monoisotopic (exact) mass is 275 g/mol. The summed E-state index contributed by atoms with van der Waals surface area (Å²) in [6.07, 6.45) is 3.10. The highest BCUT2D eigenvalue weighted by molar-refractivity contribution is 5.83. The van der Waals surface area contributed by atoms with Gasteiger partial charge in [-0.15, -0.1) is 0 Å². The molecule has 1 unspecified atom stereocenters. The maximum atomic E-state index is 12.3. The zero-order valence-electron chi connectivity index (χ0n) is 11.8. The summed E-state index contributed by atoms with van der Waals surface area (Å²) in [5.41, 5.74) is 2.21. The highest BCUT2D eigenvalue weighted by atomic mass is 16.4. The molecular formula is C16H21NO3. The van der Waals surface area contributed by atoms with Gasteiger partial charge in [-0.1, -0.05) is 31.2 Å². The number of hydrogen-bond acceptors (Lipinski definition) is 2. The minimum atomic E-state index is -0.822. The van der Waals surface area contributed by atoms with Crippen LogP contribution in [0.15, 0.2) is 24.3 Å². The van der Waals surface area contributed by atoms with Crippen molar-refractivity contribution in [2.24, 2.45) is 5.41 Å². The van der Waals surface area contributed by atoms with E-state index < -0.39 is 5.97 Å². The molecule has 0 radical (unpaired) electrons. The average Bonchev–Trinajstić information content (AvgIpc) is 2.43. The van der Waals surface area contributed by atoms with Gasteiger partial charge < -0.3 is 10.4 Å². The van der Waals surface area contributed by atoms with Crippen molar-refractivity contribution in [1.82, 2.24) is 5.32 Å². The number of hydrogen-bond donors (Lipinski definition) is 2. The molecular weight excluding hydrogens is 254 g/mol. The third-order valence-electron chi connectivity index (χ3n) is 4.05. The number of carbonyl (C=O) groups excluding carboxylic acids is 1. The number of carboxylic acids is 1. The van der Waals surface area contributed by atoms with Crippen molar-refractivity contribution in [3.8, 4) is 0 Å². The second-order valence-electron chi connectivity index (χ2n) is 5.76. The molecule has 1 amide bonds. The topological polar surface area (TPSA) is 66.4 Å². The van der Waals surface area contributed by atoms with Crippen LogP contribution in [0.5, 0.6) is 0 Å². The van der Waals surface area contributed by atoms with E-state index in [-0.39, 0.29) is 17.7 Å². The third-order valence-corrected chi connectivity index (χ3v) is 4.05. The van der Waals surface area contributed by atoms with Crippen LogP contribution in [0.25, 0.3) is 0 Å². The predicted octanol–water partition coefficient (Wildman–Crippen LogP) is 2.16. The van der Waals surface area contributed by atoms with E-state index in [4.69, 9.17) is 5.11 Å². The summed E-state index contributed by atoms with van der Waals surface area (Å²) in [4.78, 5) is 22.7. The van der Waals surface area contributed by atoms with E-state index in [0.29, 0.717) is 13.0 Å². The van der Waals surface area contributed by atoms with Gasteiger partial charge in [-0.25, -0.2) is 0 Å². The maximum absolute atomic E-state index is 12.3. The Kier molecular flexibility index (Phi) is 4.42. The first-order valence-corrected chi connectivity index (χ1v) is 7.08. The lowest BCUT2D eigenvalue weighted by Crippen LogP contribution is -2.43. The van der Waals surface area contributed by atoms with Crippen LogP contribution >= 0.6 is 0 Å². The van der Waals surface area contributed by atoms with Crippen molar-refractivity contribution in [2.75, 3.05) is 6.54 Å². The van der Waals surface area contributed by atoms with Crippen LogP contribution in [-0.2, 0) is 22.4 Å². The smallest absolute Gasteiger partial charge is 0.303 e. The lowest BCUT2D eigenvalue weighted by Gasteiger charge is -2.33. The van der Waals surface area contributed by atoms with Gasteiger partial charge in [0.2, 0.25) is 5.91 Å². The zero-order valence-corrected chi connectivity index (χ0v) is 11.8. The van der Waals surface area contributed by atoms with E-state index in [0.717, 1.165) is 19.3 Å². The summed E-state index contributed by atoms with van der Waals surface area (Å²) < 4.78 is 0. The molecule has 0 saturated heterocycles. The van der Waals surface area contributed by atoms with E-state index in [9.17, 15) is 9.59 Å². The molecule has 4 heteroatoms. The van der Waals surface area contributed by atoms with Crippen molar-refractivity contribution in [2.45, 2.75) is 39.0 Å². The normalized spacial score (nSPS) is 21.1. The van der Waals surface area contributed by atoms with Crippen LogP contribution in [-0.4, -0.2) is 23.5 Å². The van der Waals surface area contributed by atoms with Gasteiger partial charge in [0.05, 0.1) is 5.41 Å². The van der Waals surface area contributed by atoms with Crippen LogP contribution in [0.4, 0.5) is 0 Å². The van der Waals surface area contributed by atoms with E-state index in [1.807, 2.05) is 19.1 Å². The molecule has 0 spiro atoms. The first-order valence-electron chi connectivity index (χ1n) is 7.08. The Morgan fingerprint density at radius 3 is 2.70 bits per heavy atom. The number of fused-ring (bicyclic) bond motifs is 1. The molecule has 4 nitrogen and oxygen atoms in total. The number of carboxylic acid groups (broad SMARTS) is 1. The van der Waals surface area contributed by atoms with Gasteiger partial charge in [-0.3, -0.25) is 9.59 Å². The van der Waals surface area contributed by atoms with Crippen LogP contribution in [0.3, 0.4) is 0 Å². The molecule has 0 bridgehead atoms. The zero-order chi connectivity index (χ0) is 14.6. The van der Waals surface area contributed by atoms with Gasteiger partial charge in [0.1, 0.15) is 0 Å². The first-order chi connectivity index (χ1) is 9.51. The summed E-state index contributed by atoms with van der Waals surface area (Å²) in [7, 11) is 0. The SMILES string of the molecule is CC1(C(=O)NCCCC(=O)O)CCc2ccccc2C1. The highest BCUT2D eigenvalue weighted by Crippen LogP contribution is 2.35. The molecule has 2 N–H and O–H groups in total. The Morgan fingerprint density at radius 2 is 2.00 bits per heavy atom. The fourth-order valence-electron chi connectivity index (χ4n) is 2.74. The number of rotatable bonds is 5. The van der Waals surface area contributed by atoms with Gasteiger partial charge >= 0.3 is 5.97 Å². The maximum Gasteiger partial charge on any atom is 0.303 e. The minimum Gasteiger partial charge on any atom is -0.481 e. The van der Waals surface area contributed by atoms with Crippen LogP contribution in [0.2, 0.25) is 0 Å². The van der Waals surface area contributed by atoms with Crippen molar-refractivity contribution in [1.29, 1.82) is 0 Å². The Balaban J connectivity index is 1.91. The van der Waals surface area contributed by atoms with Gasteiger partial charge in [-0.2, -0.15) is 0 Å². The van der Waals surface area contributed by atoms with Gasteiger partial charge in [0.25, 0.3) is 0 Å². The largest absolute Gasteiger partial charge is 0.481 e. The highest BCUT2D eigenvalue weighted by Gasteiger charge is 2.36. The number of benzene rings is 1. The molecule has 0 aromatic heterocycles. The van der Waals surface area contributed by atoms with Crippen LogP contribution in [0.1, 0.15) is 37.3 Å². The van der Waals surface area contributed by atoms with Gasteiger partial charge in [0, 0.05) is 13.0 Å². The number of aryl methyl sites for hydroxylation is 1. The second kappa shape index (κ2) is 6.07. The molecule has 1 aliphatic rings. The molecule has 0 fully saturated rings. The molecule has 20 heavy (non-hydrogen) atoms. The Bertz CT molecular complexity index is 512. The summed E-state index contributed by atoms with van der Waals surface area (Å²) >= 11 is 0. The van der Waals surface area contributed by atoms with Crippen LogP contribution < -0.4 is 5.32 Å². The van der Waals surface area contributed by atoms with Crippen molar-refractivity contribution >= 4 is 11.9 Å². The molecule has 1 aromatic carbocycles. The molecule has 2 rings (SSSR count). The first kappa shape index (κ1) is 14.6. The van der Waals surface area contributed by atoms with Crippen molar-refractivity contribution in [3.05, 3.63) is 35.4 Å². The summed E-state index contributed by atoms with van der Waals surface area (Å²) in [6.45, 7) is 2.43. The fourth-order valence-corrected chi connectivity index (χ4v) is 2.74. The summed E-state index contributed by atoms with van der Waals surface area (Å²) in [5, 5.41) is 11.5. The second-order valence-corrected chi connectivity index (χ2v) is 5.76. The molecule has 1 atom stereocenters. The minimum absolute atomic E-state index is 0.0393. The van der Waals surface area contributed by atoms with Crippen molar-refractivity contribution < 1.29 is 14.7 Å². The Morgan fingerprint density at radius 1 is 1.30 bits per heavy atom. The standard InChI is InChI=1S/C16H21NO3/c1-16(15(20)17-10-4-7-14(18)19)9-8-12-5-2-3-6-13(12)11-16/h2-3,5-6H,4,7-11H2,1H3,(H,17,20)(H,18,19). The summed E-state index contributed by atoms with van der Waals surface area (Å²) in [6, 6.07) is 8.26. The molecule has 0 saturated carbocycles. The van der Waals surface area contributed by atoms with E-state index in [1.165, 1.54) is 11.1 Å². The molecule has 0 aliphatic heterocycles. The number of carbonyl (C=O) groups is 2. The number of amides is 1. The molecule has 0 heterocycles.